The monoisotopic (exact) mass is 251 g/mol. The van der Waals surface area contributed by atoms with Crippen LogP contribution in [0.2, 0.25) is 0 Å². The molecule has 2 rings (SSSR count). The summed E-state index contributed by atoms with van der Waals surface area (Å²) in [6, 6.07) is 6.38. The molecule has 0 heterocycles. The van der Waals surface area contributed by atoms with E-state index in [2.05, 4.69) is 58.6 Å². The van der Waals surface area contributed by atoms with Crippen LogP contribution in [0.5, 0.6) is 0 Å². The van der Waals surface area contributed by atoms with E-state index >= 15 is 0 Å². The summed E-state index contributed by atoms with van der Waals surface area (Å²) in [5.74, 6) is 5.48. The van der Waals surface area contributed by atoms with E-state index in [1.807, 2.05) is 6.07 Å². The zero-order chi connectivity index (χ0) is 14.3. The number of hydrogen-bond acceptors (Lipinski definition) is 1. The minimum Gasteiger partial charge on any atom is -0.183 e. The molecule has 0 atom stereocenters. The van der Waals surface area contributed by atoms with Crippen molar-refractivity contribution in [2.45, 2.75) is 58.3 Å². The molecule has 1 aliphatic carbocycles. The summed E-state index contributed by atoms with van der Waals surface area (Å²) < 4.78 is 0. The Morgan fingerprint density at radius 3 is 2.05 bits per heavy atom. The van der Waals surface area contributed by atoms with Gasteiger partial charge in [0.05, 0.1) is 0 Å². The lowest BCUT2D eigenvalue weighted by atomic mass is 9.62. The molecule has 0 amide bonds. The third kappa shape index (κ3) is 2.39. The van der Waals surface area contributed by atoms with Crippen LogP contribution >= 0.6 is 0 Å². The molecule has 0 bridgehead atoms. The first kappa shape index (κ1) is 13.7. The molecule has 98 valence electrons. The molecular formula is C18H21N. The number of rotatable bonds is 0. The topological polar surface area (TPSA) is 23.8 Å². The molecule has 0 fully saturated rings. The lowest BCUT2D eigenvalue weighted by molar-refractivity contribution is 0.331. The van der Waals surface area contributed by atoms with Gasteiger partial charge in [-0.3, -0.25) is 0 Å². The maximum atomic E-state index is 8.62. The summed E-state index contributed by atoms with van der Waals surface area (Å²) in [7, 11) is 0. The molecule has 0 unspecified atom stereocenters. The number of nitrogens with zero attached hydrogens (tertiary/aromatic N) is 1. The quantitative estimate of drug-likeness (QED) is 0.633. The van der Waals surface area contributed by atoms with E-state index < -0.39 is 0 Å². The predicted octanol–water partition coefficient (Wildman–Crippen LogP) is 4.22. The summed E-state index contributed by atoms with van der Waals surface area (Å²) in [5, 5.41) is 8.62. The van der Waals surface area contributed by atoms with Gasteiger partial charge in [-0.1, -0.05) is 39.7 Å². The van der Waals surface area contributed by atoms with E-state index in [0.717, 1.165) is 5.56 Å². The van der Waals surface area contributed by atoms with Crippen molar-refractivity contribution in [2.24, 2.45) is 0 Å². The number of nitriles is 1. The van der Waals surface area contributed by atoms with Crippen molar-refractivity contribution in [1.29, 1.82) is 5.26 Å². The fourth-order valence-electron chi connectivity index (χ4n) is 2.95. The summed E-state index contributed by atoms with van der Waals surface area (Å²) >= 11 is 0. The molecule has 0 spiro atoms. The fraction of sp³-hybridized carbons (Fsp3) is 0.500. The van der Waals surface area contributed by atoms with Crippen LogP contribution in [0.3, 0.4) is 0 Å². The molecule has 0 radical (unpaired) electrons. The van der Waals surface area contributed by atoms with Gasteiger partial charge in [0.25, 0.3) is 0 Å². The second-order valence-electron chi connectivity index (χ2n) is 6.84. The van der Waals surface area contributed by atoms with Crippen molar-refractivity contribution >= 4 is 0 Å². The standard InChI is InChI=1S/C18H21N/c1-13-11-15-16(12-14(13)7-6-10-19)18(4,5)9-8-17(15,2)3/h11-12H,8-9H2,1-5H3. The lowest BCUT2D eigenvalue weighted by Crippen LogP contribution is -2.34. The second-order valence-corrected chi connectivity index (χ2v) is 6.84. The van der Waals surface area contributed by atoms with E-state index in [0.29, 0.717) is 0 Å². The van der Waals surface area contributed by atoms with E-state index in [-0.39, 0.29) is 10.8 Å². The molecular weight excluding hydrogens is 230 g/mol. The third-order valence-corrected chi connectivity index (χ3v) is 4.45. The molecule has 1 nitrogen and oxygen atoms in total. The number of benzene rings is 1. The van der Waals surface area contributed by atoms with Gasteiger partial charge in [0.15, 0.2) is 6.07 Å². The average molecular weight is 251 g/mol. The Morgan fingerprint density at radius 1 is 1.00 bits per heavy atom. The molecule has 0 saturated heterocycles. The number of hydrogen-bond donors (Lipinski definition) is 0. The molecule has 1 aromatic carbocycles. The molecule has 1 aromatic rings. The average Bonchev–Trinajstić information content (AvgIpc) is 2.33. The smallest absolute Gasteiger partial charge is 0.152 e. The van der Waals surface area contributed by atoms with Crippen LogP contribution in [0.25, 0.3) is 0 Å². The van der Waals surface area contributed by atoms with Crippen LogP contribution in [0.4, 0.5) is 0 Å². The third-order valence-electron chi connectivity index (χ3n) is 4.45. The molecule has 1 aliphatic rings. The fourth-order valence-corrected chi connectivity index (χ4v) is 2.95. The van der Waals surface area contributed by atoms with Crippen molar-refractivity contribution in [1.82, 2.24) is 0 Å². The Balaban J connectivity index is 2.69. The van der Waals surface area contributed by atoms with Crippen molar-refractivity contribution < 1.29 is 0 Å². The minimum atomic E-state index is 0.196. The summed E-state index contributed by atoms with van der Waals surface area (Å²) in [4.78, 5) is 0. The first-order chi connectivity index (χ1) is 8.78. The Morgan fingerprint density at radius 2 is 1.53 bits per heavy atom. The molecule has 0 saturated carbocycles. The Labute approximate surface area is 116 Å². The van der Waals surface area contributed by atoms with Gasteiger partial charge >= 0.3 is 0 Å². The summed E-state index contributed by atoms with van der Waals surface area (Å²) in [6.07, 6.45) is 2.41. The largest absolute Gasteiger partial charge is 0.183 e. The van der Waals surface area contributed by atoms with E-state index in [1.165, 1.54) is 29.5 Å². The van der Waals surface area contributed by atoms with Crippen LogP contribution in [0.15, 0.2) is 12.1 Å². The summed E-state index contributed by atoms with van der Waals surface area (Å²) in [5.41, 5.74) is 5.44. The zero-order valence-corrected chi connectivity index (χ0v) is 12.5. The van der Waals surface area contributed by atoms with Crippen molar-refractivity contribution in [3.63, 3.8) is 0 Å². The van der Waals surface area contributed by atoms with Crippen LogP contribution in [0, 0.1) is 30.1 Å². The van der Waals surface area contributed by atoms with E-state index in [1.54, 1.807) is 0 Å². The normalized spacial score (nSPS) is 18.7. The van der Waals surface area contributed by atoms with Crippen LogP contribution in [-0.4, -0.2) is 0 Å². The maximum Gasteiger partial charge on any atom is 0.152 e. The van der Waals surface area contributed by atoms with Crippen LogP contribution < -0.4 is 0 Å². The van der Waals surface area contributed by atoms with Gasteiger partial charge in [-0.05, 0) is 53.4 Å². The predicted molar refractivity (Wildman–Crippen MR) is 79.0 cm³/mol. The Bertz CT molecular complexity index is 616. The maximum absolute atomic E-state index is 8.62. The van der Waals surface area contributed by atoms with Gasteiger partial charge in [-0.2, -0.15) is 5.26 Å². The molecule has 1 heteroatoms. The first-order valence-electron chi connectivity index (χ1n) is 6.84. The summed E-state index contributed by atoms with van der Waals surface area (Å²) in [6.45, 7) is 11.3. The minimum absolute atomic E-state index is 0.196. The molecule has 0 aromatic heterocycles. The molecule has 19 heavy (non-hydrogen) atoms. The van der Waals surface area contributed by atoms with Crippen molar-refractivity contribution in [3.8, 4) is 17.9 Å². The van der Waals surface area contributed by atoms with Gasteiger partial charge in [0, 0.05) is 11.5 Å². The van der Waals surface area contributed by atoms with Gasteiger partial charge in [0.1, 0.15) is 0 Å². The Hall–Kier alpha value is -1.73. The van der Waals surface area contributed by atoms with Gasteiger partial charge in [-0.15, -0.1) is 0 Å². The van der Waals surface area contributed by atoms with Gasteiger partial charge < -0.3 is 0 Å². The van der Waals surface area contributed by atoms with Gasteiger partial charge in [0.2, 0.25) is 0 Å². The SMILES string of the molecule is Cc1cc2c(cc1C#CC#N)C(C)(C)CCC2(C)C. The number of aryl methyl sites for hydroxylation is 1. The zero-order valence-electron chi connectivity index (χ0n) is 12.5. The highest BCUT2D eigenvalue weighted by atomic mass is 14.4. The highest BCUT2D eigenvalue weighted by molar-refractivity contribution is 5.52. The molecule has 0 aliphatic heterocycles. The van der Waals surface area contributed by atoms with Crippen molar-refractivity contribution in [2.75, 3.05) is 0 Å². The molecule has 0 N–H and O–H groups in total. The first-order valence-corrected chi connectivity index (χ1v) is 6.84. The number of fused-ring (bicyclic) bond motifs is 1. The lowest BCUT2D eigenvalue weighted by Gasteiger charge is -2.42. The van der Waals surface area contributed by atoms with Gasteiger partial charge in [-0.25, -0.2) is 0 Å². The van der Waals surface area contributed by atoms with E-state index in [9.17, 15) is 0 Å². The van der Waals surface area contributed by atoms with E-state index in [4.69, 9.17) is 5.26 Å². The highest BCUT2D eigenvalue weighted by Gasteiger charge is 2.37. The highest BCUT2D eigenvalue weighted by Crippen LogP contribution is 2.46. The van der Waals surface area contributed by atoms with Crippen molar-refractivity contribution in [3.05, 3.63) is 34.4 Å². The van der Waals surface area contributed by atoms with Crippen LogP contribution in [0.1, 0.15) is 62.8 Å². The van der Waals surface area contributed by atoms with Crippen LogP contribution in [-0.2, 0) is 10.8 Å². The second kappa shape index (κ2) is 4.43. The Kier molecular flexibility index (Phi) is 3.19.